The molecule has 1 aliphatic heterocycles. The Hall–Kier alpha value is -3.49. The maximum atomic E-state index is 12.9. The number of amides is 2. The van der Waals surface area contributed by atoms with Gasteiger partial charge in [-0.25, -0.2) is 4.98 Å². The molecule has 4 rings (SSSR count). The monoisotopic (exact) mass is 394 g/mol. The highest BCUT2D eigenvalue weighted by Crippen LogP contribution is 2.20. The molecule has 9 nitrogen and oxygen atoms in total. The van der Waals surface area contributed by atoms with Crippen LogP contribution in [0.15, 0.2) is 41.6 Å². The highest BCUT2D eigenvalue weighted by Gasteiger charge is 2.21. The van der Waals surface area contributed by atoms with E-state index in [1.165, 1.54) is 21.8 Å². The minimum absolute atomic E-state index is 0.0868. The molecule has 0 unspecified atom stereocenters. The molecule has 2 aromatic heterocycles. The minimum Gasteiger partial charge on any atom is -0.339 e. The smallest absolute Gasteiger partial charge is 0.264 e. The summed E-state index contributed by atoms with van der Waals surface area (Å²) in [6, 6.07) is 6.94. The molecule has 1 aliphatic rings. The van der Waals surface area contributed by atoms with Crippen LogP contribution in [0.4, 0.5) is 5.69 Å². The van der Waals surface area contributed by atoms with Crippen LogP contribution in [-0.4, -0.2) is 49.1 Å². The molecule has 3 heterocycles. The standard InChI is InChI=1S/C20H22N6O3/c1-24-18-15(11-22-24)20(29)26(13-21-18)12-17(27)23-16-8-4-3-7-14(16)19(28)25-9-5-2-6-10-25/h3-4,7-8,11,13H,2,5-6,9-10,12H2,1H3,(H,23,27). The van der Waals surface area contributed by atoms with Crippen molar-refractivity contribution in [1.82, 2.24) is 24.2 Å². The van der Waals surface area contributed by atoms with E-state index in [4.69, 9.17) is 0 Å². The summed E-state index contributed by atoms with van der Waals surface area (Å²) in [4.78, 5) is 44.0. The fourth-order valence-electron chi connectivity index (χ4n) is 3.57. The molecule has 3 aromatic rings. The summed E-state index contributed by atoms with van der Waals surface area (Å²) in [6.07, 6.45) is 5.88. The van der Waals surface area contributed by atoms with Crippen LogP contribution in [0.3, 0.4) is 0 Å². The number of hydrogen-bond acceptors (Lipinski definition) is 5. The number of rotatable bonds is 4. The van der Waals surface area contributed by atoms with Crippen LogP contribution >= 0.6 is 0 Å². The number of carbonyl (C=O) groups excluding carboxylic acids is 2. The lowest BCUT2D eigenvalue weighted by molar-refractivity contribution is -0.116. The largest absolute Gasteiger partial charge is 0.339 e. The van der Waals surface area contributed by atoms with Gasteiger partial charge in [0.05, 0.1) is 17.4 Å². The third-order valence-electron chi connectivity index (χ3n) is 5.11. The van der Waals surface area contributed by atoms with E-state index in [1.807, 2.05) is 4.90 Å². The van der Waals surface area contributed by atoms with Crippen LogP contribution in [0.5, 0.6) is 0 Å². The van der Waals surface area contributed by atoms with E-state index in [0.717, 1.165) is 32.4 Å². The summed E-state index contributed by atoms with van der Waals surface area (Å²) in [5.41, 5.74) is 1.02. The number of aromatic nitrogens is 4. The number of aryl methyl sites for hydroxylation is 1. The van der Waals surface area contributed by atoms with E-state index >= 15 is 0 Å². The second-order valence-electron chi connectivity index (χ2n) is 7.13. The van der Waals surface area contributed by atoms with Gasteiger partial charge in [-0.1, -0.05) is 12.1 Å². The summed E-state index contributed by atoms with van der Waals surface area (Å²) >= 11 is 0. The first kappa shape index (κ1) is 18.9. The minimum atomic E-state index is -0.406. The number of anilines is 1. The number of piperidine rings is 1. The molecule has 1 fully saturated rings. The molecule has 1 N–H and O–H groups in total. The SMILES string of the molecule is Cn1ncc2c(=O)n(CC(=O)Nc3ccccc3C(=O)N3CCCCC3)cnc21. The van der Waals surface area contributed by atoms with Crippen molar-refractivity contribution >= 4 is 28.5 Å². The molecule has 0 radical (unpaired) electrons. The predicted molar refractivity (Wildman–Crippen MR) is 108 cm³/mol. The van der Waals surface area contributed by atoms with Gasteiger partial charge in [-0.05, 0) is 31.4 Å². The van der Waals surface area contributed by atoms with Crippen molar-refractivity contribution in [3.63, 3.8) is 0 Å². The molecule has 0 atom stereocenters. The van der Waals surface area contributed by atoms with Crippen molar-refractivity contribution in [1.29, 1.82) is 0 Å². The average Bonchev–Trinajstić information content (AvgIpc) is 3.12. The Labute approximate surface area is 166 Å². The predicted octanol–water partition coefficient (Wildman–Crippen LogP) is 1.39. The van der Waals surface area contributed by atoms with Crippen LogP contribution < -0.4 is 10.9 Å². The summed E-state index contributed by atoms with van der Waals surface area (Å²) in [5.74, 6) is -0.493. The number of nitrogens with one attached hydrogen (secondary N) is 1. The Balaban J connectivity index is 1.53. The number of benzene rings is 1. The molecule has 0 aliphatic carbocycles. The van der Waals surface area contributed by atoms with E-state index in [9.17, 15) is 14.4 Å². The lowest BCUT2D eigenvalue weighted by atomic mass is 10.1. The first-order chi connectivity index (χ1) is 14.0. The topological polar surface area (TPSA) is 102 Å². The molecule has 0 bridgehead atoms. The first-order valence-corrected chi connectivity index (χ1v) is 9.60. The molecular weight excluding hydrogens is 372 g/mol. The zero-order valence-corrected chi connectivity index (χ0v) is 16.2. The molecule has 0 saturated carbocycles. The van der Waals surface area contributed by atoms with Crippen molar-refractivity contribution in [3.8, 4) is 0 Å². The first-order valence-electron chi connectivity index (χ1n) is 9.60. The number of para-hydroxylation sites is 1. The van der Waals surface area contributed by atoms with Gasteiger partial charge >= 0.3 is 0 Å². The van der Waals surface area contributed by atoms with Gasteiger partial charge in [-0.3, -0.25) is 23.6 Å². The molecule has 150 valence electrons. The van der Waals surface area contributed by atoms with Crippen molar-refractivity contribution < 1.29 is 9.59 Å². The van der Waals surface area contributed by atoms with Gasteiger partial charge < -0.3 is 10.2 Å². The summed E-state index contributed by atoms with van der Waals surface area (Å²) < 4.78 is 2.73. The molecule has 1 saturated heterocycles. The second-order valence-corrected chi connectivity index (χ2v) is 7.13. The van der Waals surface area contributed by atoms with Crippen molar-refractivity contribution in [3.05, 3.63) is 52.7 Å². The van der Waals surface area contributed by atoms with Crippen LogP contribution in [0, 0.1) is 0 Å². The normalized spacial score (nSPS) is 14.2. The molecule has 29 heavy (non-hydrogen) atoms. The molecule has 0 spiro atoms. The van der Waals surface area contributed by atoms with Gasteiger partial charge in [0.2, 0.25) is 5.91 Å². The molecule has 2 amide bonds. The summed E-state index contributed by atoms with van der Waals surface area (Å²) in [7, 11) is 1.70. The Morgan fingerprint density at radius 1 is 1.14 bits per heavy atom. The van der Waals surface area contributed by atoms with Crippen molar-refractivity contribution in [2.45, 2.75) is 25.8 Å². The van der Waals surface area contributed by atoms with Crippen LogP contribution in [0.25, 0.3) is 11.0 Å². The van der Waals surface area contributed by atoms with Crippen molar-refractivity contribution in [2.24, 2.45) is 7.05 Å². The second kappa shape index (κ2) is 7.86. The van der Waals surface area contributed by atoms with E-state index < -0.39 is 5.91 Å². The Bertz CT molecular complexity index is 1130. The lowest BCUT2D eigenvalue weighted by Crippen LogP contribution is -2.36. The highest BCUT2D eigenvalue weighted by atomic mass is 16.2. The fraction of sp³-hybridized carbons (Fsp3) is 0.350. The molecular formula is C20H22N6O3. The Morgan fingerprint density at radius 3 is 2.69 bits per heavy atom. The number of fused-ring (bicyclic) bond motifs is 1. The van der Waals surface area contributed by atoms with E-state index in [-0.39, 0.29) is 18.0 Å². The average molecular weight is 394 g/mol. The summed E-state index contributed by atoms with van der Waals surface area (Å²) in [6.45, 7) is 1.25. The summed E-state index contributed by atoms with van der Waals surface area (Å²) in [5, 5.41) is 7.13. The van der Waals surface area contributed by atoms with Gasteiger partial charge in [0.15, 0.2) is 5.65 Å². The zero-order valence-electron chi connectivity index (χ0n) is 16.2. The van der Waals surface area contributed by atoms with Gasteiger partial charge in [-0.2, -0.15) is 5.10 Å². The van der Waals surface area contributed by atoms with Crippen molar-refractivity contribution in [2.75, 3.05) is 18.4 Å². The van der Waals surface area contributed by atoms with Gasteiger partial charge in [-0.15, -0.1) is 0 Å². The Kier molecular flexibility index (Phi) is 5.11. The van der Waals surface area contributed by atoms with Crippen LogP contribution in [-0.2, 0) is 18.4 Å². The highest BCUT2D eigenvalue weighted by molar-refractivity contribution is 6.03. The van der Waals surface area contributed by atoms with E-state index in [1.54, 1.807) is 31.3 Å². The van der Waals surface area contributed by atoms with Gasteiger partial charge in [0.25, 0.3) is 11.5 Å². The number of likely N-dealkylation sites (tertiary alicyclic amines) is 1. The van der Waals surface area contributed by atoms with Crippen LogP contribution in [0.1, 0.15) is 29.6 Å². The third-order valence-corrected chi connectivity index (χ3v) is 5.11. The zero-order chi connectivity index (χ0) is 20.4. The fourth-order valence-corrected chi connectivity index (χ4v) is 3.57. The van der Waals surface area contributed by atoms with Gasteiger partial charge in [0, 0.05) is 20.1 Å². The number of hydrogen-bond donors (Lipinski definition) is 1. The number of nitrogens with zero attached hydrogens (tertiary/aromatic N) is 5. The molecule has 1 aromatic carbocycles. The van der Waals surface area contributed by atoms with E-state index in [0.29, 0.717) is 22.3 Å². The number of carbonyl (C=O) groups is 2. The quantitative estimate of drug-likeness (QED) is 0.721. The Morgan fingerprint density at radius 2 is 1.90 bits per heavy atom. The molecule has 9 heteroatoms. The lowest BCUT2D eigenvalue weighted by Gasteiger charge is -2.27. The maximum Gasteiger partial charge on any atom is 0.264 e. The maximum absolute atomic E-state index is 12.9. The van der Waals surface area contributed by atoms with Gasteiger partial charge in [0.1, 0.15) is 18.3 Å². The van der Waals surface area contributed by atoms with Crippen LogP contribution in [0.2, 0.25) is 0 Å². The van der Waals surface area contributed by atoms with E-state index in [2.05, 4.69) is 15.4 Å². The third kappa shape index (κ3) is 3.75.